The number of anilines is 1. The van der Waals surface area contributed by atoms with Crippen molar-refractivity contribution in [3.05, 3.63) is 65.0 Å². The number of hydrogen-bond acceptors (Lipinski definition) is 1. The molecule has 1 amide bonds. The first-order valence-corrected chi connectivity index (χ1v) is 5.50. The summed E-state index contributed by atoms with van der Waals surface area (Å²) in [6, 6.07) is 8.28. The van der Waals surface area contributed by atoms with Crippen molar-refractivity contribution < 1.29 is 18.0 Å². The van der Waals surface area contributed by atoms with Gasteiger partial charge in [-0.1, -0.05) is 17.7 Å². The summed E-state index contributed by atoms with van der Waals surface area (Å²) >= 11 is 0. The highest BCUT2D eigenvalue weighted by Crippen LogP contribution is 2.20. The fraction of sp³-hybridized carbons (Fsp3) is 0.0714. The number of rotatable bonds is 2. The van der Waals surface area contributed by atoms with E-state index < -0.39 is 29.0 Å². The molecule has 0 aliphatic rings. The molecule has 2 nitrogen and oxygen atoms in total. The molecule has 0 aliphatic carbocycles. The van der Waals surface area contributed by atoms with Gasteiger partial charge in [-0.05, 0) is 31.2 Å². The molecule has 0 bridgehead atoms. The predicted molar refractivity (Wildman–Crippen MR) is 65.4 cm³/mol. The van der Waals surface area contributed by atoms with Gasteiger partial charge < -0.3 is 5.32 Å². The normalized spacial score (nSPS) is 10.3. The van der Waals surface area contributed by atoms with Crippen LogP contribution in [0, 0.1) is 24.4 Å². The molecule has 5 heteroatoms. The van der Waals surface area contributed by atoms with Crippen LogP contribution >= 0.6 is 0 Å². The third-order valence-corrected chi connectivity index (χ3v) is 2.60. The van der Waals surface area contributed by atoms with E-state index in [-0.39, 0.29) is 0 Å². The zero-order chi connectivity index (χ0) is 14.0. The average Bonchev–Trinajstić information content (AvgIpc) is 2.40. The monoisotopic (exact) mass is 265 g/mol. The van der Waals surface area contributed by atoms with Crippen molar-refractivity contribution in [2.75, 3.05) is 5.32 Å². The van der Waals surface area contributed by atoms with Crippen LogP contribution in [0.15, 0.2) is 36.4 Å². The molecule has 0 aromatic heterocycles. The van der Waals surface area contributed by atoms with Gasteiger partial charge >= 0.3 is 0 Å². The van der Waals surface area contributed by atoms with Gasteiger partial charge in [-0.15, -0.1) is 0 Å². The SMILES string of the molecule is Cc1ccc(C(=O)Nc2ccc(F)c(F)c2F)cc1. The molecule has 0 spiro atoms. The van der Waals surface area contributed by atoms with E-state index in [0.29, 0.717) is 5.56 Å². The molecule has 0 saturated heterocycles. The Balaban J connectivity index is 2.24. The van der Waals surface area contributed by atoms with E-state index in [4.69, 9.17) is 0 Å². The summed E-state index contributed by atoms with van der Waals surface area (Å²) in [4.78, 5) is 11.8. The van der Waals surface area contributed by atoms with Crippen molar-refractivity contribution in [1.29, 1.82) is 0 Å². The van der Waals surface area contributed by atoms with Crippen molar-refractivity contribution in [2.45, 2.75) is 6.92 Å². The highest BCUT2D eigenvalue weighted by Gasteiger charge is 2.15. The molecule has 0 radical (unpaired) electrons. The highest BCUT2D eigenvalue weighted by molar-refractivity contribution is 6.04. The Kier molecular flexibility index (Phi) is 3.55. The summed E-state index contributed by atoms with van der Waals surface area (Å²) in [7, 11) is 0. The molecule has 2 aromatic carbocycles. The van der Waals surface area contributed by atoms with E-state index in [2.05, 4.69) is 5.32 Å². The third-order valence-electron chi connectivity index (χ3n) is 2.60. The Morgan fingerprint density at radius 2 is 1.58 bits per heavy atom. The number of carbonyl (C=O) groups excluding carboxylic acids is 1. The van der Waals surface area contributed by atoms with E-state index in [9.17, 15) is 18.0 Å². The number of halogens is 3. The van der Waals surface area contributed by atoms with Gasteiger partial charge in [0.25, 0.3) is 5.91 Å². The Morgan fingerprint density at radius 3 is 2.21 bits per heavy atom. The molecule has 98 valence electrons. The molecule has 0 fully saturated rings. The number of nitrogens with one attached hydrogen (secondary N) is 1. The molecule has 2 rings (SSSR count). The second kappa shape index (κ2) is 5.14. The maximum absolute atomic E-state index is 13.4. The molecule has 0 heterocycles. The lowest BCUT2D eigenvalue weighted by atomic mass is 10.1. The highest BCUT2D eigenvalue weighted by atomic mass is 19.2. The molecule has 0 saturated carbocycles. The van der Waals surface area contributed by atoms with E-state index >= 15 is 0 Å². The molecule has 19 heavy (non-hydrogen) atoms. The molecule has 0 aliphatic heterocycles. The maximum Gasteiger partial charge on any atom is 0.255 e. The van der Waals surface area contributed by atoms with Crippen LogP contribution in [0.2, 0.25) is 0 Å². The topological polar surface area (TPSA) is 29.1 Å². The summed E-state index contributed by atoms with van der Waals surface area (Å²) in [5.74, 6) is -4.92. The standard InChI is InChI=1S/C14H10F3NO/c1-8-2-4-9(5-3-8)14(19)18-11-7-6-10(15)12(16)13(11)17/h2-7H,1H3,(H,18,19). The van der Waals surface area contributed by atoms with Crippen LogP contribution in [0.1, 0.15) is 15.9 Å². The first-order valence-electron chi connectivity index (χ1n) is 5.50. The van der Waals surface area contributed by atoms with Crippen LogP contribution in [0.5, 0.6) is 0 Å². The minimum absolute atomic E-state index is 0.301. The van der Waals surface area contributed by atoms with Gasteiger partial charge in [0.2, 0.25) is 0 Å². The third kappa shape index (κ3) is 2.76. The largest absolute Gasteiger partial charge is 0.319 e. The smallest absolute Gasteiger partial charge is 0.255 e. The van der Waals surface area contributed by atoms with Crippen molar-refractivity contribution in [2.24, 2.45) is 0 Å². The Labute approximate surface area is 107 Å². The van der Waals surface area contributed by atoms with Crippen LogP contribution in [0.4, 0.5) is 18.9 Å². The van der Waals surface area contributed by atoms with Gasteiger partial charge in [-0.25, -0.2) is 13.2 Å². The first kappa shape index (κ1) is 13.1. The molecule has 0 atom stereocenters. The molecule has 1 N–H and O–H groups in total. The molecule has 2 aromatic rings. The van der Waals surface area contributed by atoms with Gasteiger partial charge in [0.05, 0.1) is 5.69 Å². The molecular weight excluding hydrogens is 255 g/mol. The van der Waals surface area contributed by atoms with Gasteiger partial charge in [0, 0.05) is 5.56 Å². The van der Waals surface area contributed by atoms with E-state index in [1.165, 1.54) is 0 Å². The van der Waals surface area contributed by atoms with E-state index in [0.717, 1.165) is 17.7 Å². The van der Waals surface area contributed by atoms with Crippen molar-refractivity contribution in [3.63, 3.8) is 0 Å². The Morgan fingerprint density at radius 1 is 0.947 bits per heavy atom. The van der Waals surface area contributed by atoms with E-state index in [1.807, 2.05) is 6.92 Å². The van der Waals surface area contributed by atoms with Crippen LogP contribution < -0.4 is 5.32 Å². The summed E-state index contributed by atoms with van der Waals surface area (Å²) in [5, 5.41) is 2.19. The first-order chi connectivity index (χ1) is 8.99. The second-order valence-electron chi connectivity index (χ2n) is 4.04. The number of carbonyl (C=O) groups is 1. The lowest BCUT2D eigenvalue weighted by molar-refractivity contribution is 0.102. The summed E-state index contributed by atoms with van der Waals surface area (Å²) in [5.41, 5.74) is 0.870. The molecular formula is C14H10F3NO. The van der Waals surface area contributed by atoms with Gasteiger partial charge in [0.1, 0.15) is 0 Å². The van der Waals surface area contributed by atoms with Gasteiger partial charge in [0.15, 0.2) is 17.5 Å². The predicted octanol–water partition coefficient (Wildman–Crippen LogP) is 3.66. The minimum Gasteiger partial charge on any atom is -0.319 e. The Bertz CT molecular complexity index is 623. The minimum atomic E-state index is -1.61. The summed E-state index contributed by atoms with van der Waals surface area (Å²) in [6.07, 6.45) is 0. The van der Waals surface area contributed by atoms with Crippen LogP contribution in [0.3, 0.4) is 0 Å². The Hall–Kier alpha value is -2.30. The van der Waals surface area contributed by atoms with E-state index in [1.54, 1.807) is 24.3 Å². The van der Waals surface area contributed by atoms with Crippen LogP contribution in [0.25, 0.3) is 0 Å². The lowest BCUT2D eigenvalue weighted by Crippen LogP contribution is -2.13. The van der Waals surface area contributed by atoms with Crippen molar-refractivity contribution in [1.82, 2.24) is 0 Å². The molecule has 0 unspecified atom stereocenters. The fourth-order valence-electron chi connectivity index (χ4n) is 1.52. The van der Waals surface area contributed by atoms with Crippen LogP contribution in [-0.4, -0.2) is 5.91 Å². The quantitative estimate of drug-likeness (QED) is 0.825. The number of benzene rings is 2. The average molecular weight is 265 g/mol. The zero-order valence-corrected chi connectivity index (χ0v) is 10.0. The number of amides is 1. The summed E-state index contributed by atoms with van der Waals surface area (Å²) in [6.45, 7) is 1.86. The maximum atomic E-state index is 13.4. The second-order valence-corrected chi connectivity index (χ2v) is 4.04. The number of hydrogen-bond donors (Lipinski definition) is 1. The van der Waals surface area contributed by atoms with Gasteiger partial charge in [-0.2, -0.15) is 0 Å². The lowest BCUT2D eigenvalue weighted by Gasteiger charge is -2.07. The van der Waals surface area contributed by atoms with Gasteiger partial charge in [-0.3, -0.25) is 4.79 Å². The number of aryl methyl sites for hydroxylation is 1. The summed E-state index contributed by atoms with van der Waals surface area (Å²) < 4.78 is 39.1. The fourth-order valence-corrected chi connectivity index (χ4v) is 1.52. The van der Waals surface area contributed by atoms with Crippen LogP contribution in [-0.2, 0) is 0 Å². The van der Waals surface area contributed by atoms with Crippen molar-refractivity contribution in [3.8, 4) is 0 Å². The zero-order valence-electron chi connectivity index (χ0n) is 10.0. The van der Waals surface area contributed by atoms with Crippen molar-refractivity contribution >= 4 is 11.6 Å².